The summed E-state index contributed by atoms with van der Waals surface area (Å²) in [6.07, 6.45) is 8.96. The third-order valence-corrected chi connectivity index (χ3v) is 5.13. The van der Waals surface area contributed by atoms with Crippen molar-refractivity contribution in [1.29, 1.82) is 0 Å². The summed E-state index contributed by atoms with van der Waals surface area (Å²) in [4.78, 5) is 29.7. The lowest BCUT2D eigenvalue weighted by atomic mass is 10.1. The highest BCUT2D eigenvalue weighted by Gasteiger charge is 2.23. The van der Waals surface area contributed by atoms with Gasteiger partial charge < -0.3 is 9.72 Å². The SMILES string of the molecule is C=C(C)/C=C\C(=C)Cc1cc(C(=O)C(=O)Nc2c(C)cncc2Cl)c2cc(Cl)ccn12. The van der Waals surface area contributed by atoms with Crippen LogP contribution < -0.4 is 5.32 Å². The van der Waals surface area contributed by atoms with Gasteiger partial charge in [0.2, 0.25) is 0 Å². The quantitative estimate of drug-likeness (QED) is 0.271. The molecule has 0 fully saturated rings. The van der Waals surface area contributed by atoms with E-state index in [9.17, 15) is 9.59 Å². The van der Waals surface area contributed by atoms with E-state index in [0.717, 1.165) is 16.8 Å². The van der Waals surface area contributed by atoms with Gasteiger partial charge in [0.05, 0.1) is 21.8 Å². The van der Waals surface area contributed by atoms with Crippen LogP contribution in [0, 0.1) is 6.92 Å². The van der Waals surface area contributed by atoms with E-state index < -0.39 is 11.7 Å². The molecule has 1 amide bonds. The Balaban J connectivity index is 1.96. The number of nitrogens with zero attached hydrogens (tertiary/aromatic N) is 2. The van der Waals surface area contributed by atoms with Gasteiger partial charge in [-0.15, -0.1) is 0 Å². The van der Waals surface area contributed by atoms with Gasteiger partial charge in [-0.1, -0.05) is 54.1 Å². The Labute approximate surface area is 190 Å². The number of halogens is 2. The van der Waals surface area contributed by atoms with E-state index in [4.69, 9.17) is 23.2 Å². The molecule has 7 heteroatoms. The number of hydrogen-bond acceptors (Lipinski definition) is 3. The summed E-state index contributed by atoms with van der Waals surface area (Å²) in [6, 6.07) is 5.07. The van der Waals surface area contributed by atoms with E-state index in [1.165, 1.54) is 6.20 Å². The molecule has 3 aromatic rings. The number of pyridine rings is 2. The number of aromatic nitrogens is 2. The fourth-order valence-electron chi connectivity index (χ4n) is 3.09. The second kappa shape index (κ2) is 9.33. The van der Waals surface area contributed by atoms with Gasteiger partial charge in [0.1, 0.15) is 0 Å². The average Bonchev–Trinajstić information content (AvgIpc) is 3.05. The van der Waals surface area contributed by atoms with Gasteiger partial charge >= 0.3 is 0 Å². The number of nitrogens with one attached hydrogen (secondary N) is 1. The van der Waals surface area contributed by atoms with Gasteiger partial charge in [-0.2, -0.15) is 0 Å². The molecule has 0 radical (unpaired) electrons. The van der Waals surface area contributed by atoms with Crippen molar-refractivity contribution >= 4 is 46.1 Å². The number of hydrogen-bond donors (Lipinski definition) is 1. The highest BCUT2D eigenvalue weighted by atomic mass is 35.5. The van der Waals surface area contributed by atoms with Crippen molar-refractivity contribution in [2.45, 2.75) is 20.3 Å². The van der Waals surface area contributed by atoms with E-state index in [1.54, 1.807) is 37.5 Å². The van der Waals surface area contributed by atoms with Crippen LogP contribution in [0.5, 0.6) is 0 Å². The number of Topliss-reactive ketones (excluding diaryl/α,β-unsaturated/α-hetero) is 1. The normalized spacial score (nSPS) is 11.1. The van der Waals surface area contributed by atoms with Crippen molar-refractivity contribution in [2.75, 3.05) is 5.32 Å². The molecule has 1 N–H and O–H groups in total. The molecule has 0 bridgehead atoms. The molecule has 5 nitrogen and oxygen atoms in total. The molecule has 3 rings (SSSR count). The number of allylic oxidation sites excluding steroid dienone is 4. The maximum absolute atomic E-state index is 13.0. The van der Waals surface area contributed by atoms with Crippen molar-refractivity contribution in [3.05, 3.63) is 100 Å². The average molecular weight is 454 g/mol. The highest BCUT2D eigenvalue weighted by molar-refractivity contribution is 6.48. The molecule has 0 aromatic carbocycles. The number of amides is 1. The molecule has 3 heterocycles. The molecular formula is C24H21Cl2N3O2. The molecule has 3 aromatic heterocycles. The Morgan fingerprint density at radius 1 is 1.19 bits per heavy atom. The molecule has 158 valence electrons. The summed E-state index contributed by atoms with van der Waals surface area (Å²) in [5, 5.41) is 3.31. The van der Waals surface area contributed by atoms with E-state index in [2.05, 4.69) is 23.5 Å². The second-order valence-corrected chi connectivity index (χ2v) is 8.10. The predicted octanol–water partition coefficient (Wildman–Crippen LogP) is 6.00. The number of carbonyl (C=O) groups excluding carboxylic acids is 2. The lowest BCUT2D eigenvalue weighted by Crippen LogP contribution is -2.23. The van der Waals surface area contributed by atoms with Crippen LogP contribution in [0.15, 0.2) is 73.2 Å². The first-order valence-electron chi connectivity index (χ1n) is 9.44. The first-order chi connectivity index (χ1) is 14.7. The molecule has 31 heavy (non-hydrogen) atoms. The maximum atomic E-state index is 13.0. The van der Waals surface area contributed by atoms with Crippen LogP contribution in [0.1, 0.15) is 28.5 Å². The van der Waals surface area contributed by atoms with Crippen molar-refractivity contribution < 1.29 is 9.59 Å². The lowest BCUT2D eigenvalue weighted by molar-refractivity contribution is -0.112. The Morgan fingerprint density at radius 3 is 2.61 bits per heavy atom. The standard InChI is InChI=1S/C24H21Cl2N3O2/c1-14(2)5-6-15(3)9-18-11-19(21-10-17(25)7-8-29(18)21)23(30)24(31)28-22-16(4)12-27-13-20(22)26/h5-8,10-13H,1,3,9H2,2,4H3,(H,27,28,31)/b6-5-. The lowest BCUT2D eigenvalue weighted by Gasteiger charge is -2.09. The molecule has 0 unspecified atom stereocenters. The van der Waals surface area contributed by atoms with Gasteiger partial charge in [0, 0.05) is 35.7 Å². The summed E-state index contributed by atoms with van der Waals surface area (Å²) in [5.74, 6) is -1.49. The monoisotopic (exact) mass is 453 g/mol. The third-order valence-electron chi connectivity index (χ3n) is 4.60. The van der Waals surface area contributed by atoms with Crippen molar-refractivity contribution in [2.24, 2.45) is 0 Å². The van der Waals surface area contributed by atoms with Gasteiger partial charge in [-0.25, -0.2) is 0 Å². The van der Waals surface area contributed by atoms with Gasteiger partial charge in [-0.3, -0.25) is 14.6 Å². The van der Waals surface area contributed by atoms with E-state index in [0.29, 0.717) is 28.2 Å². The fraction of sp³-hybridized carbons (Fsp3) is 0.125. The van der Waals surface area contributed by atoms with Crippen molar-refractivity contribution in [3.8, 4) is 0 Å². The smallest absolute Gasteiger partial charge is 0.296 e. The first kappa shape index (κ1) is 22.5. The maximum Gasteiger partial charge on any atom is 0.296 e. The van der Waals surface area contributed by atoms with Crippen LogP contribution in [-0.4, -0.2) is 21.1 Å². The van der Waals surface area contributed by atoms with Gasteiger partial charge in [-0.05, 0) is 43.2 Å². The summed E-state index contributed by atoms with van der Waals surface area (Å²) in [6.45, 7) is 11.5. The van der Waals surface area contributed by atoms with Crippen LogP contribution in [0.2, 0.25) is 10.0 Å². The Kier molecular flexibility index (Phi) is 6.78. The molecule has 0 atom stereocenters. The van der Waals surface area contributed by atoms with Crippen LogP contribution in [-0.2, 0) is 11.2 Å². The number of fused-ring (bicyclic) bond motifs is 1. The third kappa shape index (κ3) is 5.13. The van der Waals surface area contributed by atoms with E-state index in [-0.39, 0.29) is 10.6 Å². The van der Waals surface area contributed by atoms with Crippen molar-refractivity contribution in [3.63, 3.8) is 0 Å². The summed E-state index contributed by atoms with van der Waals surface area (Å²) in [7, 11) is 0. The Bertz CT molecular complexity index is 1230. The fourth-order valence-corrected chi connectivity index (χ4v) is 3.51. The molecule has 0 saturated carbocycles. The summed E-state index contributed by atoms with van der Waals surface area (Å²) in [5.41, 5.74) is 4.34. The second-order valence-electron chi connectivity index (χ2n) is 7.26. The highest BCUT2D eigenvalue weighted by Crippen LogP contribution is 2.26. The number of ketones is 1. The zero-order valence-electron chi connectivity index (χ0n) is 17.2. The van der Waals surface area contributed by atoms with Gasteiger partial charge in [0.25, 0.3) is 11.7 Å². The molecule has 0 aliphatic heterocycles. The predicted molar refractivity (Wildman–Crippen MR) is 126 cm³/mol. The Hall–Kier alpha value is -3.15. The molecule has 0 aliphatic carbocycles. The molecule has 0 spiro atoms. The summed E-state index contributed by atoms with van der Waals surface area (Å²) < 4.78 is 1.83. The summed E-state index contributed by atoms with van der Waals surface area (Å²) >= 11 is 12.3. The first-order valence-corrected chi connectivity index (χ1v) is 10.2. The number of rotatable bonds is 7. The van der Waals surface area contributed by atoms with Gasteiger partial charge in [0.15, 0.2) is 0 Å². The topological polar surface area (TPSA) is 63.5 Å². The van der Waals surface area contributed by atoms with Crippen molar-refractivity contribution in [1.82, 2.24) is 9.38 Å². The molecule has 0 saturated heterocycles. The van der Waals surface area contributed by atoms with Crippen LogP contribution in [0.3, 0.4) is 0 Å². The minimum Gasteiger partial charge on any atom is -0.320 e. The molecular weight excluding hydrogens is 433 g/mol. The number of aryl methyl sites for hydroxylation is 1. The largest absolute Gasteiger partial charge is 0.320 e. The Morgan fingerprint density at radius 2 is 1.94 bits per heavy atom. The zero-order valence-corrected chi connectivity index (χ0v) is 18.7. The minimum atomic E-state index is -0.795. The minimum absolute atomic E-state index is 0.245. The number of carbonyl (C=O) groups is 2. The number of anilines is 1. The van der Waals surface area contributed by atoms with E-state index >= 15 is 0 Å². The van der Waals surface area contributed by atoms with Crippen LogP contribution in [0.4, 0.5) is 5.69 Å². The van der Waals surface area contributed by atoms with E-state index in [1.807, 2.05) is 23.5 Å². The van der Waals surface area contributed by atoms with Crippen LogP contribution >= 0.6 is 23.2 Å². The zero-order chi connectivity index (χ0) is 22.7. The molecule has 0 aliphatic rings. The van der Waals surface area contributed by atoms with Crippen LogP contribution in [0.25, 0.3) is 5.52 Å².